The standard InChI is InChI=1S/C13H18FN5/c1-4-7-15-13-11(14)9(3)17-12(18-13)10-6-8-16-19(10)5-2/h6,8H,4-5,7H2,1-3H3,(H,15,17,18). The zero-order valence-electron chi connectivity index (χ0n) is 11.4. The predicted octanol–water partition coefficient (Wildman–Crippen LogP) is 2.63. The molecule has 0 spiro atoms. The van der Waals surface area contributed by atoms with Crippen molar-refractivity contribution in [1.82, 2.24) is 19.7 Å². The smallest absolute Gasteiger partial charge is 0.186 e. The number of anilines is 1. The van der Waals surface area contributed by atoms with E-state index in [-0.39, 0.29) is 11.6 Å². The molecule has 0 aliphatic heterocycles. The van der Waals surface area contributed by atoms with Gasteiger partial charge in [0, 0.05) is 19.3 Å². The lowest BCUT2D eigenvalue weighted by Crippen LogP contribution is -2.09. The Hall–Kier alpha value is -1.98. The number of nitrogens with one attached hydrogen (secondary N) is 1. The Morgan fingerprint density at radius 1 is 1.32 bits per heavy atom. The number of aromatic nitrogens is 4. The van der Waals surface area contributed by atoms with E-state index in [1.54, 1.807) is 17.8 Å². The van der Waals surface area contributed by atoms with Gasteiger partial charge in [0.15, 0.2) is 17.5 Å². The lowest BCUT2D eigenvalue weighted by atomic mass is 10.3. The van der Waals surface area contributed by atoms with Gasteiger partial charge in [0.25, 0.3) is 0 Å². The second kappa shape index (κ2) is 5.77. The third-order valence-electron chi connectivity index (χ3n) is 2.80. The average molecular weight is 263 g/mol. The lowest BCUT2D eigenvalue weighted by Gasteiger charge is -2.10. The van der Waals surface area contributed by atoms with E-state index >= 15 is 0 Å². The molecule has 0 aliphatic rings. The molecule has 2 rings (SSSR count). The maximum absolute atomic E-state index is 13.9. The minimum atomic E-state index is -0.389. The van der Waals surface area contributed by atoms with E-state index in [1.807, 2.05) is 19.9 Å². The van der Waals surface area contributed by atoms with Crippen LogP contribution in [0.3, 0.4) is 0 Å². The number of hydrogen-bond acceptors (Lipinski definition) is 4. The summed E-state index contributed by atoms with van der Waals surface area (Å²) in [6, 6.07) is 1.83. The first kappa shape index (κ1) is 13.5. The van der Waals surface area contributed by atoms with E-state index in [0.29, 0.717) is 18.1 Å². The molecule has 2 heterocycles. The Balaban J connectivity index is 2.44. The van der Waals surface area contributed by atoms with Crippen molar-refractivity contribution in [1.29, 1.82) is 0 Å². The topological polar surface area (TPSA) is 55.6 Å². The Labute approximate surface area is 111 Å². The van der Waals surface area contributed by atoms with Crippen LogP contribution in [0.4, 0.5) is 10.2 Å². The third kappa shape index (κ3) is 2.72. The maximum atomic E-state index is 13.9. The molecule has 0 aliphatic carbocycles. The van der Waals surface area contributed by atoms with Crippen molar-refractivity contribution in [3.05, 3.63) is 23.8 Å². The largest absolute Gasteiger partial charge is 0.368 e. The Morgan fingerprint density at radius 2 is 2.11 bits per heavy atom. The number of rotatable bonds is 5. The monoisotopic (exact) mass is 263 g/mol. The Morgan fingerprint density at radius 3 is 2.79 bits per heavy atom. The quantitative estimate of drug-likeness (QED) is 0.901. The zero-order chi connectivity index (χ0) is 13.8. The first-order chi connectivity index (χ1) is 9.17. The second-order valence-electron chi connectivity index (χ2n) is 4.25. The molecule has 1 N–H and O–H groups in total. The summed E-state index contributed by atoms with van der Waals surface area (Å²) < 4.78 is 15.7. The molecular weight excluding hydrogens is 245 g/mol. The van der Waals surface area contributed by atoms with E-state index in [1.165, 1.54) is 0 Å². The zero-order valence-corrected chi connectivity index (χ0v) is 11.4. The summed E-state index contributed by atoms with van der Waals surface area (Å²) >= 11 is 0. The molecule has 2 aromatic rings. The van der Waals surface area contributed by atoms with Crippen molar-refractivity contribution in [2.45, 2.75) is 33.7 Å². The van der Waals surface area contributed by atoms with Crippen molar-refractivity contribution in [2.24, 2.45) is 0 Å². The third-order valence-corrected chi connectivity index (χ3v) is 2.80. The van der Waals surface area contributed by atoms with E-state index < -0.39 is 0 Å². The van der Waals surface area contributed by atoms with Gasteiger partial charge in [0.2, 0.25) is 0 Å². The predicted molar refractivity (Wildman–Crippen MR) is 72.4 cm³/mol. The van der Waals surface area contributed by atoms with Crippen LogP contribution in [0.2, 0.25) is 0 Å². The summed E-state index contributed by atoms with van der Waals surface area (Å²) in [7, 11) is 0. The van der Waals surface area contributed by atoms with Crippen LogP contribution in [0.25, 0.3) is 11.5 Å². The van der Waals surface area contributed by atoms with Crippen LogP contribution in [0, 0.1) is 12.7 Å². The second-order valence-corrected chi connectivity index (χ2v) is 4.25. The highest BCUT2D eigenvalue weighted by Crippen LogP contribution is 2.20. The van der Waals surface area contributed by atoms with Gasteiger partial charge < -0.3 is 5.32 Å². The molecule has 0 amide bonds. The Bertz CT molecular complexity index is 564. The van der Waals surface area contributed by atoms with Crippen LogP contribution in [0.5, 0.6) is 0 Å². The number of aryl methyl sites for hydroxylation is 2. The van der Waals surface area contributed by atoms with Crippen LogP contribution >= 0.6 is 0 Å². The van der Waals surface area contributed by atoms with E-state index in [0.717, 1.165) is 18.7 Å². The molecule has 6 heteroatoms. The fraction of sp³-hybridized carbons (Fsp3) is 0.462. The summed E-state index contributed by atoms with van der Waals surface area (Å²) in [5.41, 5.74) is 1.14. The van der Waals surface area contributed by atoms with Gasteiger partial charge in [-0.3, -0.25) is 4.68 Å². The molecule has 19 heavy (non-hydrogen) atoms. The van der Waals surface area contributed by atoms with Gasteiger partial charge in [-0.05, 0) is 26.3 Å². The first-order valence-electron chi connectivity index (χ1n) is 6.47. The minimum absolute atomic E-state index is 0.258. The molecule has 0 radical (unpaired) electrons. The summed E-state index contributed by atoms with van der Waals surface area (Å²) in [5.74, 6) is 0.366. The molecule has 0 fully saturated rings. The lowest BCUT2D eigenvalue weighted by molar-refractivity contribution is 0.603. The van der Waals surface area contributed by atoms with Crippen molar-refractivity contribution in [3.63, 3.8) is 0 Å². The number of halogens is 1. The maximum Gasteiger partial charge on any atom is 0.186 e. The van der Waals surface area contributed by atoms with Gasteiger partial charge in [0.1, 0.15) is 5.69 Å². The number of nitrogens with zero attached hydrogens (tertiary/aromatic N) is 4. The minimum Gasteiger partial charge on any atom is -0.368 e. The van der Waals surface area contributed by atoms with Crippen LogP contribution in [-0.4, -0.2) is 26.3 Å². The van der Waals surface area contributed by atoms with Crippen LogP contribution in [-0.2, 0) is 6.54 Å². The molecule has 0 atom stereocenters. The van der Waals surface area contributed by atoms with Crippen molar-refractivity contribution in [2.75, 3.05) is 11.9 Å². The highest BCUT2D eigenvalue weighted by atomic mass is 19.1. The van der Waals surface area contributed by atoms with E-state index in [4.69, 9.17) is 0 Å². The van der Waals surface area contributed by atoms with E-state index in [9.17, 15) is 4.39 Å². The fourth-order valence-electron chi connectivity index (χ4n) is 1.81. The van der Waals surface area contributed by atoms with Crippen LogP contribution in [0.1, 0.15) is 26.0 Å². The van der Waals surface area contributed by atoms with Crippen molar-refractivity contribution < 1.29 is 4.39 Å². The van der Waals surface area contributed by atoms with E-state index in [2.05, 4.69) is 20.4 Å². The molecule has 0 saturated heterocycles. The molecule has 2 aromatic heterocycles. The summed E-state index contributed by atoms with van der Waals surface area (Å²) in [5, 5.41) is 7.16. The first-order valence-corrected chi connectivity index (χ1v) is 6.47. The van der Waals surface area contributed by atoms with Gasteiger partial charge in [0.05, 0.1) is 5.69 Å². The van der Waals surface area contributed by atoms with Gasteiger partial charge in [-0.25, -0.2) is 14.4 Å². The van der Waals surface area contributed by atoms with Gasteiger partial charge in [-0.2, -0.15) is 5.10 Å². The Kier molecular flexibility index (Phi) is 4.09. The van der Waals surface area contributed by atoms with Gasteiger partial charge >= 0.3 is 0 Å². The van der Waals surface area contributed by atoms with Crippen molar-refractivity contribution in [3.8, 4) is 11.5 Å². The molecule has 0 unspecified atom stereocenters. The van der Waals surface area contributed by atoms with Crippen LogP contribution in [0.15, 0.2) is 12.3 Å². The molecule has 0 saturated carbocycles. The average Bonchev–Trinajstić information content (AvgIpc) is 2.88. The summed E-state index contributed by atoms with van der Waals surface area (Å²) in [6.07, 6.45) is 2.60. The van der Waals surface area contributed by atoms with Gasteiger partial charge in [-0.15, -0.1) is 0 Å². The molecule has 0 bridgehead atoms. The van der Waals surface area contributed by atoms with Crippen LogP contribution < -0.4 is 5.32 Å². The van der Waals surface area contributed by atoms with Gasteiger partial charge in [-0.1, -0.05) is 6.92 Å². The van der Waals surface area contributed by atoms with Crippen molar-refractivity contribution >= 4 is 5.82 Å². The summed E-state index contributed by atoms with van der Waals surface area (Å²) in [6.45, 7) is 7.05. The molecule has 5 nitrogen and oxygen atoms in total. The number of hydrogen-bond donors (Lipinski definition) is 1. The highest BCUT2D eigenvalue weighted by molar-refractivity contribution is 5.53. The molecular formula is C13H18FN5. The SMILES string of the molecule is CCCNc1nc(-c2ccnn2CC)nc(C)c1F. The molecule has 0 aromatic carbocycles. The summed E-state index contributed by atoms with van der Waals surface area (Å²) in [4.78, 5) is 8.47. The normalized spacial score (nSPS) is 10.7. The molecule has 102 valence electrons. The fourth-order valence-corrected chi connectivity index (χ4v) is 1.81. The highest BCUT2D eigenvalue weighted by Gasteiger charge is 2.14.